The molecule has 0 aromatic heterocycles. The Balaban J connectivity index is 2.50. The number of benzene rings is 1. The summed E-state index contributed by atoms with van der Waals surface area (Å²) in [5.74, 6) is 3.03. The van der Waals surface area contributed by atoms with Gasteiger partial charge in [-0.15, -0.1) is 11.6 Å². The molecule has 0 heterocycles. The summed E-state index contributed by atoms with van der Waals surface area (Å²) in [6.07, 6.45) is 4.86. The average Bonchev–Trinajstić information content (AvgIpc) is 2.39. The summed E-state index contributed by atoms with van der Waals surface area (Å²) in [5.41, 5.74) is 1.35. The van der Waals surface area contributed by atoms with Gasteiger partial charge in [0.05, 0.1) is 7.11 Å². The third-order valence-electron chi connectivity index (χ3n) is 3.42. The second kappa shape index (κ2) is 8.42. The lowest BCUT2D eigenvalue weighted by atomic mass is 9.89. The number of hydrogen-bond acceptors (Lipinski definition) is 1. The number of methoxy groups -OCH3 is 1. The minimum absolute atomic E-state index is 0.585. The van der Waals surface area contributed by atoms with Crippen LogP contribution in [-0.2, 0) is 6.42 Å². The largest absolute Gasteiger partial charge is 0.497 e. The maximum Gasteiger partial charge on any atom is 0.118 e. The van der Waals surface area contributed by atoms with Gasteiger partial charge in [-0.05, 0) is 42.4 Å². The van der Waals surface area contributed by atoms with Gasteiger partial charge >= 0.3 is 0 Å². The normalized spacial score (nSPS) is 14.2. The monoisotopic (exact) mass is 268 g/mol. The fraction of sp³-hybridized carbons (Fsp3) is 0.625. The summed E-state index contributed by atoms with van der Waals surface area (Å²) < 4.78 is 5.17. The van der Waals surface area contributed by atoms with Gasteiger partial charge in [0.1, 0.15) is 5.75 Å². The van der Waals surface area contributed by atoms with Crippen molar-refractivity contribution in [2.75, 3.05) is 13.0 Å². The van der Waals surface area contributed by atoms with Gasteiger partial charge in [0.25, 0.3) is 0 Å². The molecule has 0 saturated heterocycles. The van der Waals surface area contributed by atoms with E-state index >= 15 is 0 Å². The Kier molecular flexibility index (Phi) is 7.19. The van der Waals surface area contributed by atoms with Gasteiger partial charge in [0.2, 0.25) is 0 Å². The van der Waals surface area contributed by atoms with Gasteiger partial charge in [-0.3, -0.25) is 0 Å². The van der Waals surface area contributed by atoms with E-state index in [2.05, 4.69) is 26.0 Å². The zero-order chi connectivity index (χ0) is 13.4. The standard InChI is InChI=1S/C16H25ClO/c1-4-5-13(2)10-15(12-17)11-14-6-8-16(18-3)9-7-14/h6-9,13,15H,4-5,10-12H2,1-3H3. The molecule has 18 heavy (non-hydrogen) atoms. The van der Waals surface area contributed by atoms with E-state index < -0.39 is 0 Å². The Morgan fingerprint density at radius 2 is 1.89 bits per heavy atom. The first-order valence-electron chi connectivity index (χ1n) is 6.88. The minimum atomic E-state index is 0.585. The summed E-state index contributed by atoms with van der Waals surface area (Å²) in [7, 11) is 1.70. The van der Waals surface area contributed by atoms with Crippen molar-refractivity contribution >= 4 is 11.6 Å². The second-order valence-corrected chi connectivity index (χ2v) is 5.51. The number of alkyl halides is 1. The van der Waals surface area contributed by atoms with E-state index in [0.29, 0.717) is 5.92 Å². The van der Waals surface area contributed by atoms with Crippen LogP contribution >= 0.6 is 11.6 Å². The van der Waals surface area contributed by atoms with Crippen molar-refractivity contribution < 1.29 is 4.74 Å². The molecule has 0 N–H and O–H groups in total. The topological polar surface area (TPSA) is 9.23 Å². The van der Waals surface area contributed by atoms with Gasteiger partial charge in [0.15, 0.2) is 0 Å². The van der Waals surface area contributed by atoms with Crippen molar-refractivity contribution in [1.29, 1.82) is 0 Å². The summed E-state index contributed by atoms with van der Waals surface area (Å²) in [6.45, 7) is 4.58. The number of hydrogen-bond donors (Lipinski definition) is 0. The summed E-state index contributed by atoms with van der Waals surface area (Å²) >= 11 is 6.10. The maximum absolute atomic E-state index is 6.10. The lowest BCUT2D eigenvalue weighted by Gasteiger charge is -2.18. The molecule has 0 bridgehead atoms. The Bertz CT molecular complexity index is 320. The van der Waals surface area contributed by atoms with Gasteiger partial charge in [0, 0.05) is 5.88 Å². The van der Waals surface area contributed by atoms with Crippen LogP contribution in [-0.4, -0.2) is 13.0 Å². The van der Waals surface area contributed by atoms with Gasteiger partial charge < -0.3 is 4.74 Å². The zero-order valence-corrected chi connectivity index (χ0v) is 12.5. The first kappa shape index (κ1) is 15.4. The summed E-state index contributed by atoms with van der Waals surface area (Å²) in [4.78, 5) is 0. The highest BCUT2D eigenvalue weighted by atomic mass is 35.5. The highest BCUT2D eigenvalue weighted by Crippen LogP contribution is 2.22. The van der Waals surface area contributed by atoms with E-state index in [1.54, 1.807) is 7.11 Å². The van der Waals surface area contributed by atoms with Gasteiger partial charge in [-0.2, -0.15) is 0 Å². The lowest BCUT2D eigenvalue weighted by Crippen LogP contribution is -2.11. The quantitative estimate of drug-likeness (QED) is 0.608. The third-order valence-corrected chi connectivity index (χ3v) is 3.86. The fourth-order valence-electron chi connectivity index (χ4n) is 2.48. The number of rotatable bonds is 8. The molecule has 0 aliphatic carbocycles. The molecule has 1 nitrogen and oxygen atoms in total. The SMILES string of the molecule is CCCC(C)CC(CCl)Cc1ccc(OC)cc1. The first-order chi connectivity index (χ1) is 8.69. The van der Waals surface area contributed by atoms with Crippen molar-refractivity contribution in [1.82, 2.24) is 0 Å². The van der Waals surface area contributed by atoms with Crippen LogP contribution in [0.15, 0.2) is 24.3 Å². The molecule has 102 valence electrons. The van der Waals surface area contributed by atoms with Crippen molar-refractivity contribution in [2.24, 2.45) is 11.8 Å². The summed E-state index contributed by atoms with van der Waals surface area (Å²) in [6, 6.07) is 8.33. The molecule has 1 aromatic carbocycles. The molecule has 0 amide bonds. The van der Waals surface area contributed by atoms with Crippen molar-refractivity contribution in [3.8, 4) is 5.75 Å². The van der Waals surface area contributed by atoms with Crippen LogP contribution in [0, 0.1) is 11.8 Å². The highest BCUT2D eigenvalue weighted by Gasteiger charge is 2.12. The number of ether oxygens (including phenoxy) is 1. The van der Waals surface area contributed by atoms with Crippen LogP contribution < -0.4 is 4.74 Å². The third kappa shape index (κ3) is 5.30. The molecule has 1 aromatic rings. The van der Waals surface area contributed by atoms with E-state index in [1.165, 1.54) is 24.8 Å². The van der Waals surface area contributed by atoms with Gasteiger partial charge in [-0.1, -0.05) is 38.8 Å². The second-order valence-electron chi connectivity index (χ2n) is 5.20. The van der Waals surface area contributed by atoms with Gasteiger partial charge in [-0.25, -0.2) is 0 Å². The molecule has 2 unspecified atom stereocenters. The molecule has 0 aliphatic rings. The Morgan fingerprint density at radius 3 is 2.39 bits per heavy atom. The molecular formula is C16H25ClO. The van der Waals surface area contributed by atoms with Crippen LogP contribution in [0.4, 0.5) is 0 Å². The molecule has 1 rings (SSSR count). The fourth-order valence-corrected chi connectivity index (χ4v) is 2.71. The first-order valence-corrected chi connectivity index (χ1v) is 7.41. The maximum atomic E-state index is 6.10. The van der Waals surface area contributed by atoms with Crippen LogP contribution in [0.2, 0.25) is 0 Å². The van der Waals surface area contributed by atoms with E-state index in [-0.39, 0.29) is 0 Å². The molecule has 2 atom stereocenters. The average molecular weight is 269 g/mol. The smallest absolute Gasteiger partial charge is 0.118 e. The Labute approximate surface area is 116 Å². The zero-order valence-electron chi connectivity index (χ0n) is 11.8. The molecule has 0 aliphatic heterocycles. The Morgan fingerprint density at radius 1 is 1.22 bits per heavy atom. The molecule has 0 radical (unpaired) electrons. The van der Waals surface area contributed by atoms with Crippen LogP contribution in [0.25, 0.3) is 0 Å². The molecule has 0 fully saturated rings. The lowest BCUT2D eigenvalue weighted by molar-refractivity contribution is 0.392. The highest BCUT2D eigenvalue weighted by molar-refractivity contribution is 6.18. The molecular weight excluding hydrogens is 244 g/mol. The predicted molar refractivity (Wildman–Crippen MR) is 79.6 cm³/mol. The minimum Gasteiger partial charge on any atom is -0.497 e. The van der Waals surface area contributed by atoms with Crippen LogP contribution in [0.1, 0.15) is 38.7 Å². The molecule has 2 heteroatoms. The van der Waals surface area contributed by atoms with E-state index in [1.807, 2.05) is 12.1 Å². The Hall–Kier alpha value is -0.690. The van der Waals surface area contributed by atoms with Crippen LogP contribution in [0.3, 0.4) is 0 Å². The van der Waals surface area contributed by atoms with E-state index in [0.717, 1.165) is 24.0 Å². The number of halogens is 1. The van der Waals surface area contributed by atoms with E-state index in [4.69, 9.17) is 16.3 Å². The molecule has 0 spiro atoms. The summed E-state index contributed by atoms with van der Waals surface area (Å²) in [5, 5.41) is 0. The van der Waals surface area contributed by atoms with Crippen molar-refractivity contribution in [3.63, 3.8) is 0 Å². The molecule has 0 saturated carbocycles. The van der Waals surface area contributed by atoms with Crippen LogP contribution in [0.5, 0.6) is 5.75 Å². The van der Waals surface area contributed by atoms with Crippen molar-refractivity contribution in [2.45, 2.75) is 39.5 Å². The predicted octanol–water partition coefficient (Wildman–Crippen LogP) is 4.92. The van der Waals surface area contributed by atoms with E-state index in [9.17, 15) is 0 Å². The van der Waals surface area contributed by atoms with Crippen molar-refractivity contribution in [3.05, 3.63) is 29.8 Å².